The summed E-state index contributed by atoms with van der Waals surface area (Å²) in [6.45, 7) is 1.05. The molecule has 70 valence electrons. The van der Waals surface area contributed by atoms with Crippen molar-refractivity contribution in [1.29, 1.82) is 0 Å². The van der Waals surface area contributed by atoms with E-state index in [1.54, 1.807) is 7.11 Å². The van der Waals surface area contributed by atoms with Crippen molar-refractivity contribution in [3.8, 4) is 0 Å². The second kappa shape index (κ2) is 3.90. The van der Waals surface area contributed by atoms with Crippen LogP contribution in [-0.4, -0.2) is 19.8 Å². The summed E-state index contributed by atoms with van der Waals surface area (Å²) in [4.78, 5) is 0. The van der Waals surface area contributed by atoms with Gasteiger partial charge in [0.2, 0.25) is 0 Å². The van der Waals surface area contributed by atoms with Crippen LogP contribution in [0, 0.1) is 0 Å². The van der Waals surface area contributed by atoms with Gasteiger partial charge in [-0.1, -0.05) is 30.3 Å². The molecule has 2 nitrogen and oxygen atoms in total. The molecule has 1 fully saturated rings. The molecule has 0 spiro atoms. The minimum Gasteiger partial charge on any atom is -0.379 e. The van der Waals surface area contributed by atoms with Crippen molar-refractivity contribution in [1.82, 2.24) is 5.32 Å². The van der Waals surface area contributed by atoms with E-state index in [2.05, 4.69) is 29.6 Å². The molecule has 13 heavy (non-hydrogen) atoms. The Morgan fingerprint density at radius 2 is 2.08 bits per heavy atom. The Hall–Kier alpha value is -0.860. The molecule has 1 aliphatic rings. The fraction of sp³-hybridized carbons (Fsp3) is 0.455. The minimum atomic E-state index is 0.336. The summed E-state index contributed by atoms with van der Waals surface area (Å²) in [5.74, 6) is 0. The first-order valence-electron chi connectivity index (χ1n) is 4.73. The van der Waals surface area contributed by atoms with E-state index in [9.17, 15) is 0 Å². The van der Waals surface area contributed by atoms with Gasteiger partial charge in [-0.25, -0.2) is 0 Å². The number of rotatable bonds is 2. The van der Waals surface area contributed by atoms with E-state index >= 15 is 0 Å². The predicted octanol–water partition coefficient (Wildman–Crippen LogP) is 1.74. The molecule has 0 bridgehead atoms. The summed E-state index contributed by atoms with van der Waals surface area (Å²) in [7, 11) is 1.79. The average Bonchev–Trinajstić information content (AvgIpc) is 2.67. The number of hydrogen-bond donors (Lipinski definition) is 1. The summed E-state index contributed by atoms with van der Waals surface area (Å²) < 4.78 is 5.42. The molecule has 0 unspecified atom stereocenters. The maximum absolute atomic E-state index is 5.42. The van der Waals surface area contributed by atoms with Crippen molar-refractivity contribution < 1.29 is 4.74 Å². The number of hydrogen-bond acceptors (Lipinski definition) is 2. The van der Waals surface area contributed by atoms with Crippen molar-refractivity contribution in [2.75, 3.05) is 13.7 Å². The van der Waals surface area contributed by atoms with Crippen LogP contribution < -0.4 is 5.32 Å². The molecular formula is C11H15NO. The molecule has 2 heteroatoms. The predicted molar refractivity (Wildman–Crippen MR) is 52.6 cm³/mol. The Morgan fingerprint density at radius 1 is 1.31 bits per heavy atom. The van der Waals surface area contributed by atoms with Crippen LogP contribution in [0.25, 0.3) is 0 Å². The van der Waals surface area contributed by atoms with E-state index in [1.165, 1.54) is 5.56 Å². The number of nitrogens with one attached hydrogen (secondary N) is 1. The van der Waals surface area contributed by atoms with Crippen LogP contribution >= 0.6 is 0 Å². The van der Waals surface area contributed by atoms with Gasteiger partial charge in [0.05, 0.1) is 12.1 Å². The molecule has 0 saturated carbocycles. The summed E-state index contributed by atoms with van der Waals surface area (Å²) in [6.07, 6.45) is 1.44. The molecule has 2 rings (SSSR count). The van der Waals surface area contributed by atoms with Gasteiger partial charge in [-0.2, -0.15) is 0 Å². The zero-order chi connectivity index (χ0) is 9.10. The lowest BCUT2D eigenvalue weighted by Gasteiger charge is -2.18. The van der Waals surface area contributed by atoms with Crippen LogP contribution in [0.5, 0.6) is 0 Å². The fourth-order valence-corrected chi connectivity index (χ4v) is 1.93. The largest absolute Gasteiger partial charge is 0.379 e. The van der Waals surface area contributed by atoms with Crippen LogP contribution in [0.1, 0.15) is 18.0 Å². The van der Waals surface area contributed by atoms with Crippen LogP contribution in [0.15, 0.2) is 30.3 Å². The third-order valence-electron chi connectivity index (χ3n) is 2.63. The first-order chi connectivity index (χ1) is 6.42. The normalized spacial score (nSPS) is 27.8. The second-order valence-corrected chi connectivity index (χ2v) is 3.41. The van der Waals surface area contributed by atoms with Gasteiger partial charge >= 0.3 is 0 Å². The van der Waals surface area contributed by atoms with Crippen molar-refractivity contribution in [2.24, 2.45) is 0 Å². The zero-order valence-electron chi connectivity index (χ0n) is 7.86. The fourth-order valence-electron chi connectivity index (χ4n) is 1.93. The highest BCUT2D eigenvalue weighted by molar-refractivity contribution is 5.21. The number of ether oxygens (including phenoxy) is 1. The molecule has 2 atom stereocenters. The maximum atomic E-state index is 5.42. The molecular weight excluding hydrogens is 162 g/mol. The van der Waals surface area contributed by atoms with Gasteiger partial charge in [0.25, 0.3) is 0 Å². The molecule has 0 amide bonds. The number of benzene rings is 1. The van der Waals surface area contributed by atoms with Crippen LogP contribution in [0.3, 0.4) is 0 Å². The van der Waals surface area contributed by atoms with Gasteiger partial charge in [-0.05, 0) is 18.5 Å². The quantitative estimate of drug-likeness (QED) is 0.743. The Kier molecular flexibility index (Phi) is 2.62. The van der Waals surface area contributed by atoms with E-state index in [4.69, 9.17) is 4.74 Å². The van der Waals surface area contributed by atoms with Crippen molar-refractivity contribution in [2.45, 2.75) is 18.6 Å². The maximum Gasteiger partial charge on any atom is 0.0778 e. The zero-order valence-corrected chi connectivity index (χ0v) is 7.86. The van der Waals surface area contributed by atoms with Gasteiger partial charge in [0, 0.05) is 7.11 Å². The van der Waals surface area contributed by atoms with Gasteiger partial charge in [0.1, 0.15) is 0 Å². The van der Waals surface area contributed by atoms with Crippen LogP contribution in [0.2, 0.25) is 0 Å². The number of methoxy groups -OCH3 is 1. The first-order valence-corrected chi connectivity index (χ1v) is 4.73. The lowest BCUT2D eigenvalue weighted by Crippen LogP contribution is -2.22. The Labute approximate surface area is 78.9 Å². The third-order valence-corrected chi connectivity index (χ3v) is 2.63. The van der Waals surface area contributed by atoms with E-state index < -0.39 is 0 Å². The van der Waals surface area contributed by atoms with E-state index in [-0.39, 0.29) is 0 Å². The monoisotopic (exact) mass is 177 g/mol. The molecule has 0 aromatic heterocycles. The van der Waals surface area contributed by atoms with Crippen LogP contribution in [-0.2, 0) is 4.74 Å². The average molecular weight is 177 g/mol. The van der Waals surface area contributed by atoms with E-state index in [0.29, 0.717) is 12.1 Å². The third kappa shape index (κ3) is 1.74. The summed E-state index contributed by atoms with van der Waals surface area (Å²) in [5, 5.41) is 3.45. The van der Waals surface area contributed by atoms with Gasteiger partial charge < -0.3 is 10.1 Å². The van der Waals surface area contributed by atoms with Gasteiger partial charge in [-0.3, -0.25) is 0 Å². The van der Waals surface area contributed by atoms with Gasteiger partial charge in [-0.15, -0.1) is 0 Å². The lowest BCUT2D eigenvalue weighted by molar-refractivity contribution is 0.0920. The molecule has 0 radical (unpaired) electrons. The lowest BCUT2D eigenvalue weighted by atomic mass is 10.0. The summed E-state index contributed by atoms with van der Waals surface area (Å²) >= 11 is 0. The molecule has 1 aliphatic heterocycles. The van der Waals surface area contributed by atoms with Crippen LogP contribution in [0.4, 0.5) is 0 Å². The van der Waals surface area contributed by atoms with Crippen molar-refractivity contribution in [3.05, 3.63) is 35.9 Å². The highest BCUT2D eigenvalue weighted by Crippen LogP contribution is 2.25. The molecule has 0 aliphatic carbocycles. The molecule has 1 heterocycles. The highest BCUT2D eigenvalue weighted by atomic mass is 16.5. The molecule has 1 aromatic carbocycles. The topological polar surface area (TPSA) is 21.3 Å². The van der Waals surface area contributed by atoms with E-state index in [1.807, 2.05) is 6.07 Å². The summed E-state index contributed by atoms with van der Waals surface area (Å²) in [5.41, 5.74) is 1.33. The minimum absolute atomic E-state index is 0.336. The Balaban J connectivity index is 2.16. The SMILES string of the molecule is CO[C@H]1CCN[C@H]1c1ccccc1. The summed E-state index contributed by atoms with van der Waals surface area (Å²) in [6, 6.07) is 10.9. The smallest absolute Gasteiger partial charge is 0.0778 e. The highest BCUT2D eigenvalue weighted by Gasteiger charge is 2.27. The molecule has 1 saturated heterocycles. The standard InChI is InChI=1S/C11H15NO/c1-13-10-7-8-12-11(10)9-5-3-2-4-6-9/h2-6,10-12H,7-8H2,1H3/t10-,11-/m0/s1. The van der Waals surface area contributed by atoms with Crippen molar-refractivity contribution >= 4 is 0 Å². The molecule has 1 N–H and O–H groups in total. The van der Waals surface area contributed by atoms with Crippen molar-refractivity contribution in [3.63, 3.8) is 0 Å². The van der Waals surface area contributed by atoms with Gasteiger partial charge in [0.15, 0.2) is 0 Å². The Morgan fingerprint density at radius 3 is 2.77 bits per heavy atom. The molecule has 1 aromatic rings. The second-order valence-electron chi connectivity index (χ2n) is 3.41. The van der Waals surface area contributed by atoms with E-state index in [0.717, 1.165) is 13.0 Å². The Bertz CT molecular complexity index is 260. The first kappa shape index (κ1) is 8.73.